The molecule has 2 aliphatic rings. The third-order valence-corrected chi connectivity index (χ3v) is 7.40. The van der Waals surface area contributed by atoms with E-state index < -0.39 is 11.4 Å². The quantitative estimate of drug-likeness (QED) is 0.486. The van der Waals surface area contributed by atoms with Crippen LogP contribution in [0.25, 0.3) is 22.3 Å². The first-order valence-electron chi connectivity index (χ1n) is 11.7. The molecule has 1 unspecified atom stereocenters. The highest BCUT2D eigenvalue weighted by atomic mass is 32.2. The normalized spacial score (nSPS) is 20.9. The monoisotopic (exact) mass is 481 g/mol. The Balaban J connectivity index is 1.29. The Morgan fingerprint density at radius 3 is 2.68 bits per heavy atom. The number of nitrogens with zero attached hydrogens (tertiary/aromatic N) is 5. The number of pyridine rings is 1. The zero-order valence-electron chi connectivity index (χ0n) is 19.4. The summed E-state index contributed by atoms with van der Waals surface area (Å²) in [5.41, 5.74) is 4.74. The van der Waals surface area contributed by atoms with E-state index in [9.17, 15) is 4.55 Å². The molecule has 2 aliphatic heterocycles. The zero-order valence-corrected chi connectivity index (χ0v) is 20.3. The Morgan fingerprint density at radius 1 is 1.15 bits per heavy atom. The summed E-state index contributed by atoms with van der Waals surface area (Å²) in [6.45, 7) is 7.55. The molecule has 0 bridgehead atoms. The van der Waals surface area contributed by atoms with Crippen molar-refractivity contribution in [2.24, 2.45) is 0 Å². The number of aromatic nitrogens is 3. The van der Waals surface area contributed by atoms with E-state index in [2.05, 4.69) is 49.8 Å². The molecule has 2 fully saturated rings. The fourth-order valence-electron chi connectivity index (χ4n) is 4.39. The van der Waals surface area contributed by atoms with Crippen LogP contribution in [0.1, 0.15) is 5.56 Å². The highest BCUT2D eigenvalue weighted by Crippen LogP contribution is 2.26. The summed E-state index contributed by atoms with van der Waals surface area (Å²) in [6.07, 6.45) is 5.26. The Labute approximate surface area is 203 Å². The average molecular weight is 482 g/mol. The highest BCUT2D eigenvalue weighted by Gasteiger charge is 2.22. The molecule has 2 atom stereocenters. The highest BCUT2D eigenvalue weighted by molar-refractivity contribution is 7.88. The van der Waals surface area contributed by atoms with Crippen molar-refractivity contribution >= 4 is 28.2 Å². The van der Waals surface area contributed by atoms with Crippen LogP contribution in [0.4, 0.5) is 5.82 Å². The van der Waals surface area contributed by atoms with Crippen LogP contribution in [0.5, 0.6) is 0 Å². The maximum atomic E-state index is 11.7. The van der Waals surface area contributed by atoms with E-state index in [0.29, 0.717) is 6.54 Å². The molecule has 1 aromatic carbocycles. The standard InChI is InChI=1S/C24H31N7O2S/c1-34(32)31-11-9-30(10-12-31)17-18-2-4-19(5-3-18)21-14-22-23(27-7-6-26-22)24(29-21)28-16-20-15-25-8-13-33-20/h2-7,14,20,25H,8-13,15-17H2,1H3,(H,28,29)/t20-,34?/m0/s1. The number of rotatable bonds is 7. The van der Waals surface area contributed by atoms with Crippen molar-refractivity contribution in [3.8, 4) is 11.3 Å². The van der Waals surface area contributed by atoms with E-state index in [1.54, 1.807) is 18.6 Å². The van der Waals surface area contributed by atoms with Gasteiger partial charge in [-0.1, -0.05) is 24.3 Å². The summed E-state index contributed by atoms with van der Waals surface area (Å²) < 4.78 is 19.5. The van der Waals surface area contributed by atoms with Gasteiger partial charge >= 0.3 is 0 Å². The lowest BCUT2D eigenvalue weighted by Gasteiger charge is -2.33. The van der Waals surface area contributed by atoms with Crippen molar-refractivity contribution in [1.82, 2.24) is 29.5 Å². The average Bonchev–Trinajstić information content (AvgIpc) is 2.88. The molecule has 0 saturated carbocycles. The van der Waals surface area contributed by atoms with E-state index in [-0.39, 0.29) is 6.10 Å². The van der Waals surface area contributed by atoms with Crippen molar-refractivity contribution in [2.75, 3.05) is 64.0 Å². The Bertz CT molecular complexity index is 1080. The Morgan fingerprint density at radius 2 is 1.94 bits per heavy atom. The molecule has 180 valence electrons. The van der Waals surface area contributed by atoms with Crippen LogP contribution in [-0.2, 0) is 22.6 Å². The first-order valence-corrected chi connectivity index (χ1v) is 13.3. The molecule has 2 saturated heterocycles. The summed E-state index contributed by atoms with van der Waals surface area (Å²) in [6, 6.07) is 10.6. The van der Waals surface area contributed by atoms with Gasteiger partial charge in [0.1, 0.15) is 11.8 Å². The number of hydrogen-bond acceptors (Lipinski definition) is 9. The number of hydrogen-bond donors (Lipinski definition) is 2. The van der Waals surface area contributed by atoms with Gasteiger partial charge < -0.3 is 19.9 Å². The first kappa shape index (κ1) is 23.4. The van der Waals surface area contributed by atoms with Crippen LogP contribution in [0.15, 0.2) is 42.7 Å². The summed E-state index contributed by atoms with van der Waals surface area (Å²) in [5.74, 6) is 0.727. The van der Waals surface area contributed by atoms with Crippen LogP contribution in [0, 0.1) is 0 Å². The number of fused-ring (bicyclic) bond motifs is 1. The van der Waals surface area contributed by atoms with E-state index >= 15 is 0 Å². The summed E-state index contributed by atoms with van der Waals surface area (Å²) in [5, 5.41) is 6.79. The van der Waals surface area contributed by atoms with Gasteiger partial charge in [-0.15, -0.1) is 4.31 Å². The molecule has 2 N–H and O–H groups in total. The summed E-state index contributed by atoms with van der Waals surface area (Å²) in [4.78, 5) is 16.3. The molecule has 5 rings (SSSR count). The van der Waals surface area contributed by atoms with Crippen molar-refractivity contribution < 1.29 is 9.29 Å². The van der Waals surface area contributed by atoms with Gasteiger partial charge in [-0.3, -0.25) is 9.88 Å². The van der Waals surface area contributed by atoms with Crippen LogP contribution in [-0.4, -0.2) is 93.5 Å². The SMILES string of the molecule is C[S+]([O-])N1CCN(Cc2ccc(-c3cc4nccnc4c(NC[C@@H]4CNCCO4)n3)cc2)CC1. The zero-order chi connectivity index (χ0) is 23.3. The molecule has 0 spiro atoms. The van der Waals surface area contributed by atoms with Crippen LogP contribution >= 0.6 is 0 Å². The number of benzene rings is 1. The van der Waals surface area contributed by atoms with Gasteiger partial charge in [-0.05, 0) is 11.6 Å². The molecule has 0 amide bonds. The lowest BCUT2D eigenvalue weighted by Crippen LogP contribution is -2.47. The van der Waals surface area contributed by atoms with Gasteiger partial charge in [0.05, 0.1) is 37.0 Å². The molecule has 10 heteroatoms. The molecular formula is C24H31N7O2S. The molecule has 0 aliphatic carbocycles. The third kappa shape index (κ3) is 5.65. The van der Waals surface area contributed by atoms with E-state index in [1.165, 1.54) is 5.56 Å². The summed E-state index contributed by atoms with van der Waals surface area (Å²) >= 11 is -0.878. The van der Waals surface area contributed by atoms with Gasteiger partial charge in [0, 0.05) is 68.6 Å². The van der Waals surface area contributed by atoms with Crippen molar-refractivity contribution in [1.29, 1.82) is 0 Å². The number of anilines is 1. The minimum absolute atomic E-state index is 0.101. The van der Waals surface area contributed by atoms with Gasteiger partial charge in [0.2, 0.25) is 0 Å². The minimum Gasteiger partial charge on any atom is -0.598 e. The van der Waals surface area contributed by atoms with Crippen LogP contribution < -0.4 is 10.6 Å². The Kier molecular flexibility index (Phi) is 7.53. The number of morpholine rings is 1. The van der Waals surface area contributed by atoms with E-state index in [4.69, 9.17) is 9.72 Å². The minimum atomic E-state index is -0.878. The number of ether oxygens (including phenoxy) is 1. The van der Waals surface area contributed by atoms with Gasteiger partial charge in [-0.25, -0.2) is 9.97 Å². The van der Waals surface area contributed by atoms with Gasteiger partial charge in [0.25, 0.3) is 0 Å². The van der Waals surface area contributed by atoms with Crippen LogP contribution in [0.3, 0.4) is 0 Å². The maximum Gasteiger partial charge on any atom is 0.154 e. The fourth-order valence-corrected chi connectivity index (χ4v) is 5.07. The molecular weight excluding hydrogens is 450 g/mol. The Hall–Kier alpha value is -2.34. The molecule has 0 radical (unpaired) electrons. The van der Waals surface area contributed by atoms with E-state index in [0.717, 1.165) is 80.5 Å². The largest absolute Gasteiger partial charge is 0.598 e. The fraction of sp³-hybridized carbons (Fsp3) is 0.458. The second kappa shape index (κ2) is 10.9. The van der Waals surface area contributed by atoms with Gasteiger partial charge in [0.15, 0.2) is 5.82 Å². The smallest absolute Gasteiger partial charge is 0.154 e. The maximum absolute atomic E-state index is 11.7. The lowest BCUT2D eigenvalue weighted by atomic mass is 10.1. The number of piperazine rings is 1. The molecule has 2 aromatic heterocycles. The predicted octanol–water partition coefficient (Wildman–Crippen LogP) is 1.50. The lowest BCUT2D eigenvalue weighted by molar-refractivity contribution is 0.0372. The summed E-state index contributed by atoms with van der Waals surface area (Å²) in [7, 11) is 0. The predicted molar refractivity (Wildman–Crippen MR) is 135 cm³/mol. The second-order valence-corrected chi connectivity index (χ2v) is 10.0. The molecule has 3 aromatic rings. The molecule has 4 heterocycles. The molecule has 34 heavy (non-hydrogen) atoms. The first-order chi connectivity index (χ1) is 16.7. The molecule has 9 nitrogen and oxygen atoms in total. The van der Waals surface area contributed by atoms with Gasteiger partial charge in [-0.2, -0.15) is 0 Å². The second-order valence-electron chi connectivity index (χ2n) is 8.68. The third-order valence-electron chi connectivity index (χ3n) is 6.31. The van der Waals surface area contributed by atoms with Crippen molar-refractivity contribution in [3.05, 3.63) is 48.3 Å². The number of nitrogens with one attached hydrogen (secondary N) is 2. The van der Waals surface area contributed by atoms with E-state index in [1.807, 2.05) is 10.4 Å². The van der Waals surface area contributed by atoms with Crippen LogP contribution in [0.2, 0.25) is 0 Å². The topological polar surface area (TPSA) is 102 Å². The van der Waals surface area contributed by atoms with Crippen molar-refractivity contribution in [3.63, 3.8) is 0 Å². The van der Waals surface area contributed by atoms with Crippen molar-refractivity contribution in [2.45, 2.75) is 12.6 Å².